The van der Waals surface area contributed by atoms with Crippen LogP contribution in [0.4, 0.5) is 10.5 Å². The lowest BCUT2D eigenvalue weighted by atomic mass is 10.1. The number of barbiturate groups is 1. The standard InChI is InChI=1S/C20H14Cl2N2O7/c1-30-15-8-10(7-14(22)17(15)31-9-16(25)26)6-13-18(27)23-20(29)24(19(13)28)12-4-2-11(21)3-5-12/h2-8H,9H2,1H3,(H,25,26)(H,23,27,29)/b13-6+. The molecule has 9 nitrogen and oxygen atoms in total. The fourth-order valence-corrected chi connectivity index (χ4v) is 3.15. The van der Waals surface area contributed by atoms with Crippen LogP contribution in [0.1, 0.15) is 5.56 Å². The van der Waals surface area contributed by atoms with Gasteiger partial charge in [-0.3, -0.25) is 14.9 Å². The highest BCUT2D eigenvalue weighted by Crippen LogP contribution is 2.37. The number of carboxylic acid groups (broad SMARTS) is 1. The number of imide groups is 2. The zero-order chi connectivity index (χ0) is 22.7. The summed E-state index contributed by atoms with van der Waals surface area (Å²) < 4.78 is 10.3. The molecule has 0 spiro atoms. The number of hydrogen-bond acceptors (Lipinski definition) is 6. The lowest BCUT2D eigenvalue weighted by molar-refractivity contribution is -0.139. The zero-order valence-electron chi connectivity index (χ0n) is 15.8. The number of methoxy groups -OCH3 is 1. The summed E-state index contributed by atoms with van der Waals surface area (Å²) in [5, 5.41) is 11.3. The number of rotatable bonds is 6. The largest absolute Gasteiger partial charge is 0.493 e. The van der Waals surface area contributed by atoms with E-state index in [0.717, 1.165) is 4.90 Å². The van der Waals surface area contributed by atoms with Crippen molar-refractivity contribution in [3.05, 3.63) is 57.6 Å². The molecule has 31 heavy (non-hydrogen) atoms. The van der Waals surface area contributed by atoms with Crippen molar-refractivity contribution in [2.24, 2.45) is 0 Å². The van der Waals surface area contributed by atoms with Gasteiger partial charge < -0.3 is 14.6 Å². The van der Waals surface area contributed by atoms with E-state index < -0.39 is 30.4 Å². The second-order valence-corrected chi connectivity index (χ2v) is 6.99. The SMILES string of the molecule is COc1cc(/C=C2\C(=O)NC(=O)N(c3ccc(Cl)cc3)C2=O)cc(Cl)c1OCC(=O)O. The van der Waals surface area contributed by atoms with Crippen LogP contribution in [-0.4, -0.2) is 42.6 Å². The number of nitrogens with one attached hydrogen (secondary N) is 1. The first-order chi connectivity index (χ1) is 14.7. The Balaban J connectivity index is 1.99. The normalized spacial score (nSPS) is 15.1. The first-order valence-electron chi connectivity index (χ1n) is 8.60. The van der Waals surface area contributed by atoms with Crippen LogP contribution in [-0.2, 0) is 14.4 Å². The third-order valence-electron chi connectivity index (χ3n) is 4.09. The Hall–Kier alpha value is -3.56. The summed E-state index contributed by atoms with van der Waals surface area (Å²) in [6.07, 6.45) is 1.22. The predicted molar refractivity (Wildman–Crippen MR) is 112 cm³/mol. The van der Waals surface area contributed by atoms with E-state index in [4.69, 9.17) is 37.8 Å². The number of ether oxygens (including phenoxy) is 2. The molecule has 2 aromatic carbocycles. The molecule has 160 valence electrons. The number of carbonyl (C=O) groups excluding carboxylic acids is 3. The molecule has 0 aliphatic carbocycles. The van der Waals surface area contributed by atoms with Gasteiger partial charge in [0.25, 0.3) is 11.8 Å². The minimum Gasteiger partial charge on any atom is -0.493 e. The third-order valence-corrected chi connectivity index (χ3v) is 4.62. The molecule has 0 atom stereocenters. The molecule has 0 unspecified atom stereocenters. The number of amides is 4. The maximum absolute atomic E-state index is 12.9. The first-order valence-corrected chi connectivity index (χ1v) is 9.36. The Morgan fingerprint density at radius 2 is 1.84 bits per heavy atom. The molecule has 1 aliphatic rings. The number of carboxylic acids is 1. The molecule has 0 radical (unpaired) electrons. The molecule has 1 fully saturated rings. The minimum atomic E-state index is -1.21. The van der Waals surface area contributed by atoms with Crippen molar-refractivity contribution < 1.29 is 33.8 Å². The van der Waals surface area contributed by atoms with Gasteiger partial charge in [-0.1, -0.05) is 23.2 Å². The molecule has 1 saturated heterocycles. The summed E-state index contributed by atoms with van der Waals surface area (Å²) in [6.45, 7) is -0.643. The lowest BCUT2D eigenvalue weighted by Gasteiger charge is -2.26. The summed E-state index contributed by atoms with van der Waals surface area (Å²) in [6, 6.07) is 7.78. The van der Waals surface area contributed by atoms with Crippen molar-refractivity contribution in [2.75, 3.05) is 18.6 Å². The van der Waals surface area contributed by atoms with Gasteiger partial charge in [-0.2, -0.15) is 0 Å². The average molecular weight is 465 g/mol. The average Bonchev–Trinajstić information content (AvgIpc) is 2.71. The zero-order valence-corrected chi connectivity index (χ0v) is 17.4. The van der Waals surface area contributed by atoms with Gasteiger partial charge in [0.1, 0.15) is 5.57 Å². The molecule has 0 saturated carbocycles. The number of benzene rings is 2. The Bertz CT molecular complexity index is 1110. The van der Waals surface area contributed by atoms with Gasteiger partial charge in [0.05, 0.1) is 17.8 Å². The van der Waals surface area contributed by atoms with Gasteiger partial charge in [0.15, 0.2) is 18.1 Å². The number of aliphatic carboxylic acids is 1. The highest BCUT2D eigenvalue weighted by atomic mass is 35.5. The Morgan fingerprint density at radius 1 is 1.16 bits per heavy atom. The molecule has 0 bridgehead atoms. The number of halogens is 2. The summed E-state index contributed by atoms with van der Waals surface area (Å²) in [5.41, 5.74) is 0.179. The second-order valence-electron chi connectivity index (χ2n) is 6.15. The van der Waals surface area contributed by atoms with Crippen LogP contribution in [0.2, 0.25) is 10.0 Å². The molecule has 0 aromatic heterocycles. The van der Waals surface area contributed by atoms with Gasteiger partial charge in [-0.25, -0.2) is 14.5 Å². The van der Waals surface area contributed by atoms with Crippen LogP contribution in [0, 0.1) is 0 Å². The fraction of sp³-hybridized carbons (Fsp3) is 0.100. The van der Waals surface area contributed by atoms with Gasteiger partial charge in [0, 0.05) is 5.02 Å². The fourth-order valence-electron chi connectivity index (χ4n) is 2.75. The highest BCUT2D eigenvalue weighted by molar-refractivity contribution is 6.39. The molecule has 1 heterocycles. The lowest BCUT2D eigenvalue weighted by Crippen LogP contribution is -2.54. The monoisotopic (exact) mass is 464 g/mol. The summed E-state index contributed by atoms with van der Waals surface area (Å²) in [5.74, 6) is -2.86. The van der Waals surface area contributed by atoms with Gasteiger partial charge in [-0.15, -0.1) is 0 Å². The van der Waals surface area contributed by atoms with Gasteiger partial charge in [0.2, 0.25) is 0 Å². The van der Waals surface area contributed by atoms with Crippen molar-refractivity contribution in [3.63, 3.8) is 0 Å². The van der Waals surface area contributed by atoms with Gasteiger partial charge in [-0.05, 0) is 48.0 Å². The number of carbonyl (C=O) groups is 4. The molecule has 3 rings (SSSR count). The van der Waals surface area contributed by atoms with E-state index in [1.54, 1.807) is 0 Å². The molecular weight excluding hydrogens is 451 g/mol. The molecule has 2 N–H and O–H groups in total. The Labute approximate surface area is 185 Å². The van der Waals surface area contributed by atoms with Crippen LogP contribution in [0.3, 0.4) is 0 Å². The number of hydrogen-bond donors (Lipinski definition) is 2. The van der Waals surface area contributed by atoms with Crippen LogP contribution in [0.25, 0.3) is 6.08 Å². The third kappa shape index (κ3) is 4.79. The Morgan fingerprint density at radius 3 is 2.45 bits per heavy atom. The van der Waals surface area contributed by atoms with Crippen molar-refractivity contribution in [3.8, 4) is 11.5 Å². The Kier molecular flexibility index (Phi) is 6.47. The minimum absolute atomic E-state index is 0.00162. The van der Waals surface area contributed by atoms with Crippen LogP contribution < -0.4 is 19.7 Å². The smallest absolute Gasteiger partial charge is 0.341 e. The van der Waals surface area contributed by atoms with Crippen LogP contribution >= 0.6 is 23.2 Å². The van der Waals surface area contributed by atoms with Crippen LogP contribution in [0.5, 0.6) is 11.5 Å². The molecule has 1 aliphatic heterocycles. The van der Waals surface area contributed by atoms with E-state index in [1.165, 1.54) is 49.6 Å². The van der Waals surface area contributed by atoms with E-state index in [0.29, 0.717) is 5.02 Å². The van der Waals surface area contributed by atoms with E-state index in [9.17, 15) is 19.2 Å². The molecular formula is C20H14Cl2N2O7. The highest BCUT2D eigenvalue weighted by Gasteiger charge is 2.36. The maximum atomic E-state index is 12.9. The summed E-state index contributed by atoms with van der Waals surface area (Å²) >= 11 is 12.0. The maximum Gasteiger partial charge on any atom is 0.341 e. The van der Waals surface area contributed by atoms with Crippen molar-refractivity contribution in [1.29, 1.82) is 0 Å². The number of anilines is 1. The van der Waals surface area contributed by atoms with E-state index in [2.05, 4.69) is 5.32 Å². The van der Waals surface area contributed by atoms with Crippen LogP contribution in [0.15, 0.2) is 42.0 Å². The topological polar surface area (TPSA) is 122 Å². The number of urea groups is 1. The van der Waals surface area contributed by atoms with E-state index >= 15 is 0 Å². The number of nitrogens with zero attached hydrogens (tertiary/aromatic N) is 1. The summed E-state index contributed by atoms with van der Waals surface area (Å²) in [7, 11) is 1.32. The first kappa shape index (κ1) is 22.1. The van der Waals surface area contributed by atoms with Crippen molar-refractivity contribution in [2.45, 2.75) is 0 Å². The molecule has 11 heteroatoms. The van der Waals surface area contributed by atoms with Gasteiger partial charge >= 0.3 is 12.0 Å². The quantitative estimate of drug-likeness (QED) is 0.497. The van der Waals surface area contributed by atoms with Crippen molar-refractivity contribution >= 4 is 58.8 Å². The molecule has 2 aromatic rings. The van der Waals surface area contributed by atoms with E-state index in [-0.39, 0.29) is 33.3 Å². The summed E-state index contributed by atoms with van der Waals surface area (Å²) in [4.78, 5) is 49.0. The van der Waals surface area contributed by atoms with Crippen molar-refractivity contribution in [1.82, 2.24) is 5.32 Å². The van der Waals surface area contributed by atoms with E-state index in [1.807, 2.05) is 0 Å². The second kappa shape index (κ2) is 9.07. The predicted octanol–water partition coefficient (Wildman–Crippen LogP) is 3.13. The molecule has 4 amide bonds.